The molecule has 0 saturated heterocycles. The van der Waals surface area contributed by atoms with Gasteiger partial charge in [-0.05, 0) is 39.7 Å². The van der Waals surface area contributed by atoms with E-state index in [1.807, 2.05) is 0 Å². The molecule has 2 aromatic rings. The quantitative estimate of drug-likeness (QED) is 0.836. The Bertz CT molecular complexity index is 541. The Labute approximate surface area is 99.5 Å². The van der Waals surface area contributed by atoms with Gasteiger partial charge in [0.2, 0.25) is 0 Å². The van der Waals surface area contributed by atoms with E-state index in [0.717, 1.165) is 6.07 Å². The fourth-order valence-electron chi connectivity index (χ4n) is 1.40. The zero-order valence-corrected chi connectivity index (χ0v) is 9.63. The highest BCUT2D eigenvalue weighted by molar-refractivity contribution is 9.10. The summed E-state index contributed by atoms with van der Waals surface area (Å²) in [6, 6.07) is 8.53. The Kier molecular flexibility index (Phi) is 2.92. The van der Waals surface area contributed by atoms with Gasteiger partial charge in [0.1, 0.15) is 5.82 Å². The molecule has 0 aromatic heterocycles. The minimum atomic E-state index is -0.767. The highest BCUT2D eigenvalue weighted by Crippen LogP contribution is 2.30. The minimum absolute atomic E-state index is 0.285. The molecule has 0 aliphatic carbocycles. The van der Waals surface area contributed by atoms with Gasteiger partial charge in [-0.3, -0.25) is 0 Å². The van der Waals surface area contributed by atoms with Crippen LogP contribution in [0.15, 0.2) is 40.9 Å². The standard InChI is InChI=1S/C12H7BrF2O/c13-9-3-1-2-8(12(9)15)7-4-5-11(16)10(14)6-7/h1-6,16H. The van der Waals surface area contributed by atoms with Gasteiger partial charge in [-0.2, -0.15) is 0 Å². The lowest BCUT2D eigenvalue weighted by molar-refractivity contribution is 0.432. The summed E-state index contributed by atoms with van der Waals surface area (Å²) < 4.78 is 27.1. The first-order chi connectivity index (χ1) is 7.59. The molecule has 1 nitrogen and oxygen atoms in total. The molecule has 0 heterocycles. The van der Waals surface area contributed by atoms with Crippen molar-refractivity contribution in [1.82, 2.24) is 0 Å². The van der Waals surface area contributed by atoms with Gasteiger partial charge >= 0.3 is 0 Å². The average Bonchev–Trinajstić information content (AvgIpc) is 2.26. The van der Waals surface area contributed by atoms with Gasteiger partial charge in [-0.25, -0.2) is 8.78 Å². The number of benzene rings is 2. The first-order valence-corrected chi connectivity index (χ1v) is 5.32. The van der Waals surface area contributed by atoms with Crippen molar-refractivity contribution in [2.75, 3.05) is 0 Å². The van der Waals surface area contributed by atoms with Crippen LogP contribution in [-0.2, 0) is 0 Å². The van der Waals surface area contributed by atoms with Gasteiger partial charge in [-0.15, -0.1) is 0 Å². The molecule has 2 aromatic carbocycles. The van der Waals surface area contributed by atoms with Gasteiger partial charge in [0.25, 0.3) is 0 Å². The van der Waals surface area contributed by atoms with E-state index < -0.39 is 17.4 Å². The Balaban J connectivity index is 2.59. The summed E-state index contributed by atoms with van der Waals surface area (Å²) in [6.45, 7) is 0. The lowest BCUT2D eigenvalue weighted by Gasteiger charge is -2.05. The van der Waals surface area contributed by atoms with Crippen molar-refractivity contribution in [3.8, 4) is 16.9 Å². The second-order valence-corrected chi connectivity index (χ2v) is 4.12. The molecule has 0 atom stereocenters. The molecule has 0 amide bonds. The van der Waals surface area contributed by atoms with Crippen LogP contribution in [0.3, 0.4) is 0 Å². The topological polar surface area (TPSA) is 20.2 Å². The molecule has 2 rings (SSSR count). The van der Waals surface area contributed by atoms with Crippen LogP contribution >= 0.6 is 15.9 Å². The van der Waals surface area contributed by atoms with Gasteiger partial charge in [0.15, 0.2) is 11.6 Å². The smallest absolute Gasteiger partial charge is 0.165 e. The molecule has 0 unspecified atom stereocenters. The van der Waals surface area contributed by atoms with Gasteiger partial charge in [-0.1, -0.05) is 18.2 Å². The van der Waals surface area contributed by atoms with Crippen molar-refractivity contribution in [2.24, 2.45) is 0 Å². The third-order valence-corrected chi connectivity index (χ3v) is 2.82. The SMILES string of the molecule is Oc1ccc(-c2cccc(Br)c2F)cc1F. The zero-order chi connectivity index (χ0) is 11.7. The average molecular weight is 285 g/mol. The van der Waals surface area contributed by atoms with Crippen molar-refractivity contribution < 1.29 is 13.9 Å². The Morgan fingerprint density at radius 3 is 2.50 bits per heavy atom. The molecule has 16 heavy (non-hydrogen) atoms. The molecule has 0 aliphatic rings. The van der Waals surface area contributed by atoms with Crippen molar-refractivity contribution in [3.05, 3.63) is 52.5 Å². The highest BCUT2D eigenvalue weighted by atomic mass is 79.9. The molecule has 0 saturated carbocycles. The van der Waals surface area contributed by atoms with Gasteiger partial charge in [0.05, 0.1) is 4.47 Å². The van der Waals surface area contributed by atoms with Crippen molar-refractivity contribution >= 4 is 15.9 Å². The largest absolute Gasteiger partial charge is 0.505 e. The lowest BCUT2D eigenvalue weighted by Crippen LogP contribution is -1.87. The van der Waals surface area contributed by atoms with Crippen LogP contribution in [0.4, 0.5) is 8.78 Å². The van der Waals surface area contributed by atoms with E-state index in [0.29, 0.717) is 10.0 Å². The molecule has 0 fully saturated rings. The molecule has 0 bridgehead atoms. The van der Waals surface area contributed by atoms with Crippen LogP contribution < -0.4 is 0 Å². The first kappa shape index (κ1) is 11.1. The number of rotatable bonds is 1. The van der Waals surface area contributed by atoms with Gasteiger partial charge < -0.3 is 5.11 Å². The number of phenols is 1. The molecular formula is C12H7BrF2O. The summed E-state index contributed by atoms with van der Waals surface area (Å²) in [6.07, 6.45) is 0. The van der Waals surface area contributed by atoms with Crippen molar-refractivity contribution in [2.45, 2.75) is 0 Å². The summed E-state index contributed by atoms with van der Waals surface area (Å²) in [5.74, 6) is -1.66. The van der Waals surface area contributed by atoms with E-state index in [9.17, 15) is 8.78 Å². The number of aromatic hydroxyl groups is 1. The second-order valence-electron chi connectivity index (χ2n) is 3.27. The number of hydrogen-bond donors (Lipinski definition) is 1. The fraction of sp³-hybridized carbons (Fsp3) is 0. The van der Waals surface area contributed by atoms with Gasteiger partial charge in [0, 0.05) is 5.56 Å². The van der Waals surface area contributed by atoms with E-state index in [-0.39, 0.29) is 5.56 Å². The number of halogens is 3. The zero-order valence-electron chi connectivity index (χ0n) is 8.05. The highest BCUT2D eigenvalue weighted by Gasteiger charge is 2.10. The predicted molar refractivity (Wildman–Crippen MR) is 61.2 cm³/mol. The molecular weight excluding hydrogens is 278 g/mol. The van der Waals surface area contributed by atoms with Crippen LogP contribution in [0.1, 0.15) is 0 Å². The molecule has 0 aliphatic heterocycles. The van der Waals surface area contributed by atoms with E-state index >= 15 is 0 Å². The van der Waals surface area contributed by atoms with Crippen LogP contribution in [-0.4, -0.2) is 5.11 Å². The van der Waals surface area contributed by atoms with E-state index in [2.05, 4.69) is 15.9 Å². The summed E-state index contributed by atoms with van der Waals surface area (Å²) in [5, 5.41) is 9.04. The van der Waals surface area contributed by atoms with Crippen LogP contribution in [0.25, 0.3) is 11.1 Å². The molecule has 1 N–H and O–H groups in total. The third-order valence-electron chi connectivity index (χ3n) is 2.21. The normalized spacial score (nSPS) is 10.4. The Hall–Kier alpha value is -1.42. The summed E-state index contributed by atoms with van der Waals surface area (Å²) in [5.41, 5.74) is 0.669. The van der Waals surface area contributed by atoms with E-state index in [4.69, 9.17) is 5.11 Å². The predicted octanol–water partition coefficient (Wildman–Crippen LogP) is 4.10. The van der Waals surface area contributed by atoms with E-state index in [1.54, 1.807) is 18.2 Å². The Morgan fingerprint density at radius 1 is 1.06 bits per heavy atom. The maximum absolute atomic E-state index is 13.7. The van der Waals surface area contributed by atoms with Crippen molar-refractivity contribution in [1.29, 1.82) is 0 Å². The first-order valence-electron chi connectivity index (χ1n) is 4.52. The third kappa shape index (κ3) is 1.93. The molecule has 0 spiro atoms. The van der Waals surface area contributed by atoms with E-state index in [1.165, 1.54) is 12.1 Å². The second kappa shape index (κ2) is 4.22. The summed E-state index contributed by atoms with van der Waals surface area (Å²) >= 11 is 3.06. The summed E-state index contributed by atoms with van der Waals surface area (Å²) in [4.78, 5) is 0. The van der Waals surface area contributed by atoms with Crippen LogP contribution in [0.2, 0.25) is 0 Å². The van der Waals surface area contributed by atoms with Crippen LogP contribution in [0, 0.1) is 11.6 Å². The molecule has 82 valence electrons. The monoisotopic (exact) mass is 284 g/mol. The lowest BCUT2D eigenvalue weighted by atomic mass is 10.0. The minimum Gasteiger partial charge on any atom is -0.505 e. The summed E-state index contributed by atoms with van der Waals surface area (Å²) in [7, 11) is 0. The molecule has 0 radical (unpaired) electrons. The maximum atomic E-state index is 13.7. The van der Waals surface area contributed by atoms with Crippen molar-refractivity contribution in [3.63, 3.8) is 0 Å². The maximum Gasteiger partial charge on any atom is 0.165 e. The molecule has 4 heteroatoms. The van der Waals surface area contributed by atoms with Crippen LogP contribution in [0.5, 0.6) is 5.75 Å². The number of phenolic OH excluding ortho intramolecular Hbond substituents is 1. The fourth-order valence-corrected chi connectivity index (χ4v) is 1.77. The Morgan fingerprint density at radius 2 is 1.81 bits per heavy atom. The number of hydrogen-bond acceptors (Lipinski definition) is 1.